The average Bonchev–Trinajstić information content (AvgIpc) is 2.51. The van der Waals surface area contributed by atoms with Crippen LogP contribution in [-0.4, -0.2) is 15.6 Å². The molecule has 2 aromatic rings. The molecule has 0 aromatic carbocycles. The van der Waals surface area contributed by atoms with Crippen molar-refractivity contribution < 1.29 is 14.3 Å². The molecule has 0 fully saturated rings. The topological polar surface area (TPSA) is 55.4 Å². The highest BCUT2D eigenvalue weighted by Gasteiger charge is 2.14. The van der Waals surface area contributed by atoms with Gasteiger partial charge in [-0.05, 0) is 6.92 Å². The van der Waals surface area contributed by atoms with E-state index in [0.717, 1.165) is 11.3 Å². The summed E-state index contributed by atoms with van der Waals surface area (Å²) in [5.41, 5.74) is 1.68. The zero-order chi connectivity index (χ0) is 9.59. The second-order valence-corrected chi connectivity index (χ2v) is 3.00. The van der Waals surface area contributed by atoms with E-state index in [-0.39, 0.29) is 5.69 Å². The number of aryl methyl sites for hydroxylation is 2. The highest BCUT2D eigenvalue weighted by molar-refractivity contribution is 5.92. The van der Waals surface area contributed by atoms with E-state index >= 15 is 0 Å². The van der Waals surface area contributed by atoms with Crippen LogP contribution in [0.2, 0.25) is 0 Å². The van der Waals surface area contributed by atoms with Crippen LogP contribution < -0.4 is 0 Å². The van der Waals surface area contributed by atoms with Gasteiger partial charge in [0.1, 0.15) is 11.5 Å². The van der Waals surface area contributed by atoms with Gasteiger partial charge >= 0.3 is 5.97 Å². The number of hydrogen-bond acceptors (Lipinski definition) is 2. The van der Waals surface area contributed by atoms with E-state index < -0.39 is 5.97 Å². The van der Waals surface area contributed by atoms with Gasteiger partial charge in [-0.1, -0.05) is 0 Å². The SMILES string of the molecule is Cc1cc2c(cc(C(=O)O)n2C)o1. The summed E-state index contributed by atoms with van der Waals surface area (Å²) < 4.78 is 6.90. The van der Waals surface area contributed by atoms with E-state index in [1.54, 1.807) is 11.6 Å². The number of fused-ring (bicyclic) bond motifs is 1. The summed E-state index contributed by atoms with van der Waals surface area (Å²) in [5.74, 6) is -0.149. The minimum atomic E-state index is -0.938. The summed E-state index contributed by atoms with van der Waals surface area (Å²) in [6, 6.07) is 3.35. The molecule has 1 N–H and O–H groups in total. The molecule has 0 spiro atoms. The highest BCUT2D eigenvalue weighted by Crippen LogP contribution is 2.22. The van der Waals surface area contributed by atoms with Crippen molar-refractivity contribution in [1.82, 2.24) is 4.57 Å². The van der Waals surface area contributed by atoms with Gasteiger partial charge < -0.3 is 14.1 Å². The van der Waals surface area contributed by atoms with E-state index in [1.165, 1.54) is 6.07 Å². The van der Waals surface area contributed by atoms with Crippen molar-refractivity contribution in [3.8, 4) is 0 Å². The van der Waals surface area contributed by atoms with Crippen LogP contribution in [0.15, 0.2) is 16.5 Å². The number of aromatic nitrogens is 1. The van der Waals surface area contributed by atoms with Gasteiger partial charge in [-0.25, -0.2) is 4.79 Å². The van der Waals surface area contributed by atoms with Gasteiger partial charge in [0, 0.05) is 19.2 Å². The van der Waals surface area contributed by atoms with Crippen LogP contribution in [0.5, 0.6) is 0 Å². The maximum atomic E-state index is 10.7. The fourth-order valence-electron chi connectivity index (χ4n) is 1.44. The number of carboxylic acids is 1. The molecule has 68 valence electrons. The molecule has 0 saturated heterocycles. The van der Waals surface area contributed by atoms with Crippen molar-refractivity contribution in [3.63, 3.8) is 0 Å². The lowest BCUT2D eigenvalue weighted by molar-refractivity contribution is 0.0687. The van der Waals surface area contributed by atoms with Crippen LogP contribution in [0.25, 0.3) is 11.1 Å². The van der Waals surface area contributed by atoms with Crippen LogP contribution in [-0.2, 0) is 7.05 Å². The summed E-state index contributed by atoms with van der Waals surface area (Å²) >= 11 is 0. The Balaban J connectivity index is 2.76. The van der Waals surface area contributed by atoms with Crippen molar-refractivity contribution in [3.05, 3.63) is 23.6 Å². The van der Waals surface area contributed by atoms with Crippen molar-refractivity contribution in [2.75, 3.05) is 0 Å². The number of aromatic carboxylic acids is 1. The van der Waals surface area contributed by atoms with Crippen LogP contribution in [0.3, 0.4) is 0 Å². The van der Waals surface area contributed by atoms with E-state index in [4.69, 9.17) is 9.52 Å². The first-order chi connectivity index (χ1) is 6.09. The Labute approximate surface area is 74.4 Å². The largest absolute Gasteiger partial charge is 0.477 e. The number of rotatable bonds is 1. The van der Waals surface area contributed by atoms with Crippen LogP contribution in [0.1, 0.15) is 16.2 Å². The van der Waals surface area contributed by atoms with Gasteiger partial charge in [-0.15, -0.1) is 0 Å². The number of nitrogens with zero attached hydrogens (tertiary/aromatic N) is 1. The predicted octanol–water partition coefficient (Wildman–Crippen LogP) is 1.78. The molecule has 0 amide bonds. The Hall–Kier alpha value is -1.71. The van der Waals surface area contributed by atoms with E-state index in [1.807, 2.05) is 13.0 Å². The van der Waals surface area contributed by atoms with Crippen molar-refractivity contribution >= 4 is 17.1 Å². The number of furan rings is 1. The van der Waals surface area contributed by atoms with E-state index in [0.29, 0.717) is 5.58 Å². The van der Waals surface area contributed by atoms with Crippen LogP contribution in [0.4, 0.5) is 0 Å². The highest BCUT2D eigenvalue weighted by atomic mass is 16.4. The third-order valence-electron chi connectivity index (χ3n) is 2.07. The molecule has 13 heavy (non-hydrogen) atoms. The molecule has 0 bridgehead atoms. The first-order valence-electron chi connectivity index (χ1n) is 3.89. The van der Waals surface area contributed by atoms with Gasteiger partial charge in [-0.3, -0.25) is 0 Å². The summed E-state index contributed by atoms with van der Waals surface area (Å²) in [6.45, 7) is 1.83. The minimum Gasteiger partial charge on any atom is -0.477 e. The molecule has 2 heterocycles. The zero-order valence-electron chi connectivity index (χ0n) is 7.37. The zero-order valence-corrected chi connectivity index (χ0v) is 7.37. The van der Waals surface area contributed by atoms with Crippen LogP contribution >= 0.6 is 0 Å². The molecule has 4 nitrogen and oxygen atoms in total. The third kappa shape index (κ3) is 1.02. The first kappa shape index (κ1) is 7.91. The molecular weight excluding hydrogens is 170 g/mol. The number of hydrogen-bond donors (Lipinski definition) is 1. The van der Waals surface area contributed by atoms with E-state index in [9.17, 15) is 4.79 Å². The average molecular weight is 179 g/mol. The van der Waals surface area contributed by atoms with Crippen molar-refractivity contribution in [2.45, 2.75) is 6.92 Å². The predicted molar refractivity (Wildman–Crippen MR) is 46.9 cm³/mol. The Bertz CT molecular complexity index is 478. The maximum absolute atomic E-state index is 10.7. The Kier molecular flexibility index (Phi) is 1.45. The third-order valence-corrected chi connectivity index (χ3v) is 2.07. The van der Waals surface area contributed by atoms with Gasteiger partial charge in [0.2, 0.25) is 0 Å². The van der Waals surface area contributed by atoms with Gasteiger partial charge in [0.15, 0.2) is 5.58 Å². The molecule has 4 heteroatoms. The molecule has 0 aliphatic heterocycles. The summed E-state index contributed by atoms with van der Waals surface area (Å²) in [4.78, 5) is 10.7. The molecule has 0 saturated carbocycles. The summed E-state index contributed by atoms with van der Waals surface area (Å²) in [5, 5.41) is 8.79. The molecule has 2 aromatic heterocycles. The summed E-state index contributed by atoms with van der Waals surface area (Å²) in [7, 11) is 1.71. The maximum Gasteiger partial charge on any atom is 0.352 e. The van der Waals surface area contributed by atoms with Gasteiger partial charge in [0.05, 0.1) is 5.52 Å². The van der Waals surface area contributed by atoms with Crippen molar-refractivity contribution in [2.24, 2.45) is 7.05 Å². The first-order valence-corrected chi connectivity index (χ1v) is 3.89. The second-order valence-electron chi connectivity index (χ2n) is 3.00. The molecule has 0 unspecified atom stereocenters. The molecule has 0 aliphatic rings. The summed E-state index contributed by atoms with van der Waals surface area (Å²) in [6.07, 6.45) is 0. The number of carbonyl (C=O) groups is 1. The Morgan fingerprint density at radius 2 is 2.23 bits per heavy atom. The lowest BCUT2D eigenvalue weighted by atomic mass is 10.4. The van der Waals surface area contributed by atoms with E-state index in [2.05, 4.69) is 0 Å². The molecule has 0 radical (unpaired) electrons. The molecule has 2 rings (SSSR count). The second kappa shape index (κ2) is 2.39. The smallest absolute Gasteiger partial charge is 0.352 e. The number of carboxylic acid groups (broad SMARTS) is 1. The molecule has 0 aliphatic carbocycles. The van der Waals surface area contributed by atoms with Gasteiger partial charge in [0.25, 0.3) is 0 Å². The Morgan fingerprint density at radius 3 is 2.77 bits per heavy atom. The standard InChI is InChI=1S/C9H9NO3/c1-5-3-6-8(13-5)4-7(9(11)12)10(6)2/h3-4H,1-2H3,(H,11,12). The Morgan fingerprint density at radius 1 is 1.54 bits per heavy atom. The molecule has 0 atom stereocenters. The lowest BCUT2D eigenvalue weighted by Gasteiger charge is -1.95. The lowest BCUT2D eigenvalue weighted by Crippen LogP contribution is -2.03. The quantitative estimate of drug-likeness (QED) is 0.725. The minimum absolute atomic E-state index is 0.244. The van der Waals surface area contributed by atoms with Crippen LogP contribution in [0, 0.1) is 6.92 Å². The van der Waals surface area contributed by atoms with Crippen molar-refractivity contribution in [1.29, 1.82) is 0 Å². The molecular formula is C9H9NO3. The normalized spacial score (nSPS) is 10.9. The van der Waals surface area contributed by atoms with Gasteiger partial charge in [-0.2, -0.15) is 0 Å². The fraction of sp³-hybridized carbons (Fsp3) is 0.222. The fourth-order valence-corrected chi connectivity index (χ4v) is 1.44. The monoisotopic (exact) mass is 179 g/mol.